The number of allylic oxidation sites excluding steroid dienone is 2. The second-order valence-electron chi connectivity index (χ2n) is 8.94. The van der Waals surface area contributed by atoms with E-state index < -0.39 is 17.9 Å². The molecule has 5 heteroatoms. The van der Waals surface area contributed by atoms with E-state index in [4.69, 9.17) is 9.47 Å². The topological polar surface area (TPSA) is 69.7 Å². The van der Waals surface area contributed by atoms with Crippen molar-refractivity contribution in [3.05, 3.63) is 12.2 Å². The number of Topliss-reactive ketones (excluding diaryl/α,β-unsaturated/α-hetero) is 1. The van der Waals surface area contributed by atoms with E-state index in [0.29, 0.717) is 24.2 Å². The molecule has 0 aliphatic heterocycles. The fraction of sp³-hybridized carbons (Fsp3) is 0.750. The minimum absolute atomic E-state index is 0.109. The van der Waals surface area contributed by atoms with E-state index in [2.05, 4.69) is 0 Å². The highest BCUT2D eigenvalue weighted by molar-refractivity contribution is 5.97. The summed E-state index contributed by atoms with van der Waals surface area (Å²) in [5, 5.41) is 0. The molecule has 0 aromatic heterocycles. The largest absolute Gasteiger partial charge is 0.457 e. The predicted octanol–water partition coefficient (Wildman–Crippen LogP) is 2.43. The van der Waals surface area contributed by atoms with Gasteiger partial charge in [0.2, 0.25) is 0 Å². The van der Waals surface area contributed by atoms with Crippen LogP contribution in [0.15, 0.2) is 12.2 Å². The lowest BCUT2D eigenvalue weighted by molar-refractivity contribution is -0.193. The molecule has 5 nitrogen and oxygen atoms in total. The first-order valence-electron chi connectivity index (χ1n) is 9.62. The highest BCUT2D eigenvalue weighted by Crippen LogP contribution is 2.57. The quantitative estimate of drug-likeness (QED) is 0.579. The van der Waals surface area contributed by atoms with Crippen LogP contribution in [0.3, 0.4) is 0 Å². The van der Waals surface area contributed by atoms with Crippen molar-refractivity contribution < 1.29 is 23.9 Å². The van der Waals surface area contributed by atoms with Gasteiger partial charge in [-0.05, 0) is 62.7 Å². The van der Waals surface area contributed by atoms with Crippen molar-refractivity contribution in [2.24, 2.45) is 35.5 Å². The third kappa shape index (κ3) is 2.54. The van der Waals surface area contributed by atoms with Gasteiger partial charge in [-0.25, -0.2) is 4.79 Å². The smallest absolute Gasteiger partial charge is 0.344 e. The number of hydrogen-bond donors (Lipinski definition) is 0. The third-order valence-corrected chi connectivity index (χ3v) is 7.13. The van der Waals surface area contributed by atoms with Gasteiger partial charge < -0.3 is 9.47 Å². The standard InChI is InChI=1S/C20H24O5/c21-17(10-24-19(23)16-6-14-1-2-15(16)18(14)22)25-20-7-11-3-12(8-20)5-13(4-11)9-20/h1-2,11-16H,3-10H2. The average Bonchev–Trinajstić information content (AvgIpc) is 3.06. The maximum absolute atomic E-state index is 12.3. The number of hydrogen-bond acceptors (Lipinski definition) is 5. The third-order valence-electron chi connectivity index (χ3n) is 7.13. The Hall–Kier alpha value is -1.65. The van der Waals surface area contributed by atoms with E-state index in [0.717, 1.165) is 19.3 Å². The summed E-state index contributed by atoms with van der Waals surface area (Å²) >= 11 is 0. The number of esters is 2. The van der Waals surface area contributed by atoms with Crippen LogP contribution < -0.4 is 0 Å². The first kappa shape index (κ1) is 15.6. The summed E-state index contributed by atoms with van der Waals surface area (Å²) in [7, 11) is 0. The molecule has 0 N–H and O–H groups in total. The van der Waals surface area contributed by atoms with Gasteiger partial charge in [0.1, 0.15) is 11.4 Å². The Bertz CT molecular complexity index is 628. The highest BCUT2D eigenvalue weighted by Gasteiger charge is 2.53. The number of ether oxygens (including phenoxy) is 2. The van der Waals surface area contributed by atoms with Gasteiger partial charge in [-0.2, -0.15) is 0 Å². The molecule has 0 spiro atoms. The summed E-state index contributed by atoms with van der Waals surface area (Å²) in [6, 6.07) is 0. The normalized spacial score (nSPS) is 45.8. The molecular formula is C20H24O5. The maximum Gasteiger partial charge on any atom is 0.344 e. The van der Waals surface area contributed by atoms with Gasteiger partial charge in [0.15, 0.2) is 6.61 Å². The van der Waals surface area contributed by atoms with Gasteiger partial charge in [-0.1, -0.05) is 12.2 Å². The Morgan fingerprint density at radius 1 is 1.00 bits per heavy atom. The van der Waals surface area contributed by atoms with Gasteiger partial charge in [0.05, 0.1) is 5.92 Å². The molecule has 5 fully saturated rings. The Labute approximate surface area is 147 Å². The molecule has 6 bridgehead atoms. The molecule has 0 saturated heterocycles. The van der Waals surface area contributed by atoms with Crippen molar-refractivity contribution >= 4 is 17.7 Å². The summed E-state index contributed by atoms with van der Waals surface area (Å²) in [5.74, 6) is 0.439. The number of ketones is 1. The zero-order chi connectivity index (χ0) is 17.2. The number of fused-ring (bicyclic) bond motifs is 2. The van der Waals surface area contributed by atoms with Crippen LogP contribution in [0.5, 0.6) is 0 Å². The van der Waals surface area contributed by atoms with Crippen molar-refractivity contribution in [1.29, 1.82) is 0 Å². The molecule has 25 heavy (non-hydrogen) atoms. The molecule has 134 valence electrons. The maximum atomic E-state index is 12.3. The summed E-state index contributed by atoms with van der Waals surface area (Å²) in [4.78, 5) is 36.4. The van der Waals surface area contributed by atoms with Crippen LogP contribution >= 0.6 is 0 Å². The van der Waals surface area contributed by atoms with Gasteiger partial charge in [0.25, 0.3) is 0 Å². The van der Waals surface area contributed by atoms with Crippen molar-refractivity contribution in [2.45, 2.75) is 50.5 Å². The zero-order valence-electron chi connectivity index (χ0n) is 14.3. The molecule has 5 saturated carbocycles. The van der Waals surface area contributed by atoms with Crippen molar-refractivity contribution in [2.75, 3.05) is 6.61 Å². The summed E-state index contributed by atoms with van der Waals surface area (Å²) < 4.78 is 11.1. The minimum Gasteiger partial charge on any atom is -0.457 e. The predicted molar refractivity (Wildman–Crippen MR) is 87.2 cm³/mol. The monoisotopic (exact) mass is 344 g/mol. The van der Waals surface area contributed by atoms with E-state index in [1.807, 2.05) is 6.08 Å². The number of rotatable bonds is 4. The first-order chi connectivity index (χ1) is 12.0. The van der Waals surface area contributed by atoms with Crippen LogP contribution in [0.2, 0.25) is 0 Å². The van der Waals surface area contributed by atoms with E-state index >= 15 is 0 Å². The molecule has 3 atom stereocenters. The first-order valence-corrected chi connectivity index (χ1v) is 9.62. The van der Waals surface area contributed by atoms with E-state index in [9.17, 15) is 14.4 Å². The van der Waals surface area contributed by atoms with Gasteiger partial charge in [-0.3, -0.25) is 9.59 Å². The Kier molecular flexibility index (Phi) is 3.38. The highest BCUT2D eigenvalue weighted by atomic mass is 16.6. The second kappa shape index (κ2) is 5.42. The zero-order valence-corrected chi connectivity index (χ0v) is 14.3. The van der Waals surface area contributed by atoms with E-state index in [-0.39, 0.29) is 29.8 Å². The molecule has 6 rings (SSSR count). The average molecular weight is 344 g/mol. The number of carbonyl (C=O) groups is 3. The Morgan fingerprint density at radius 3 is 2.16 bits per heavy atom. The van der Waals surface area contributed by atoms with Crippen molar-refractivity contribution in [3.63, 3.8) is 0 Å². The molecule has 0 aromatic carbocycles. The molecule has 6 aliphatic carbocycles. The fourth-order valence-electron chi connectivity index (χ4n) is 6.55. The Morgan fingerprint density at radius 2 is 1.64 bits per heavy atom. The van der Waals surface area contributed by atoms with Crippen LogP contribution in [0.25, 0.3) is 0 Å². The lowest BCUT2D eigenvalue weighted by atomic mass is 9.54. The van der Waals surface area contributed by atoms with Gasteiger partial charge >= 0.3 is 11.9 Å². The Balaban J connectivity index is 1.16. The summed E-state index contributed by atoms with van der Waals surface area (Å²) in [6.07, 6.45) is 11.0. The molecule has 0 amide bonds. The summed E-state index contributed by atoms with van der Waals surface area (Å²) in [5.41, 5.74) is -0.302. The lowest BCUT2D eigenvalue weighted by Crippen LogP contribution is -2.53. The summed E-state index contributed by atoms with van der Waals surface area (Å²) in [6.45, 7) is -0.327. The van der Waals surface area contributed by atoms with Crippen LogP contribution in [-0.2, 0) is 23.9 Å². The molecule has 0 aromatic rings. The van der Waals surface area contributed by atoms with Gasteiger partial charge in [-0.15, -0.1) is 0 Å². The molecular weight excluding hydrogens is 320 g/mol. The van der Waals surface area contributed by atoms with Crippen molar-refractivity contribution in [1.82, 2.24) is 0 Å². The van der Waals surface area contributed by atoms with Crippen LogP contribution in [0, 0.1) is 35.5 Å². The van der Waals surface area contributed by atoms with Gasteiger partial charge in [0, 0.05) is 11.8 Å². The lowest BCUT2D eigenvalue weighted by Gasteiger charge is -2.55. The van der Waals surface area contributed by atoms with Crippen LogP contribution in [-0.4, -0.2) is 29.9 Å². The fourth-order valence-corrected chi connectivity index (χ4v) is 6.55. The molecule has 0 radical (unpaired) electrons. The van der Waals surface area contributed by atoms with Crippen LogP contribution in [0.4, 0.5) is 0 Å². The SMILES string of the molecule is O=C(COC(=O)C1CC2C=CC1C2=O)OC12CC3CC(CC(C3)C1)C2. The van der Waals surface area contributed by atoms with E-state index in [1.54, 1.807) is 6.08 Å². The molecule has 3 unspecified atom stereocenters. The number of carbonyl (C=O) groups excluding carboxylic acids is 3. The minimum atomic E-state index is -0.437. The second-order valence-corrected chi connectivity index (χ2v) is 8.94. The van der Waals surface area contributed by atoms with Crippen LogP contribution in [0.1, 0.15) is 44.9 Å². The van der Waals surface area contributed by atoms with Crippen molar-refractivity contribution in [3.8, 4) is 0 Å². The molecule has 0 heterocycles. The molecule has 6 aliphatic rings. The van der Waals surface area contributed by atoms with E-state index in [1.165, 1.54) is 19.3 Å².